The lowest BCUT2D eigenvalue weighted by Crippen LogP contribution is -2.43. The summed E-state index contributed by atoms with van der Waals surface area (Å²) in [5, 5.41) is 11.7. The van der Waals surface area contributed by atoms with Crippen molar-refractivity contribution in [2.24, 2.45) is 10.7 Å². The Labute approximate surface area is 154 Å². The average molecular weight is 371 g/mol. The number of anilines is 1. The van der Waals surface area contributed by atoms with Crippen molar-refractivity contribution in [1.29, 1.82) is 0 Å². The molecule has 26 heavy (non-hydrogen) atoms. The number of nitrogens with two attached hydrogens (primary N) is 1. The van der Waals surface area contributed by atoms with Crippen LogP contribution in [0.1, 0.15) is 11.1 Å². The molecular weight excluding hydrogens is 356 g/mol. The van der Waals surface area contributed by atoms with Gasteiger partial charge in [-0.1, -0.05) is 36.4 Å². The summed E-state index contributed by atoms with van der Waals surface area (Å²) < 4.78 is 0. The lowest BCUT2D eigenvalue weighted by atomic mass is 9.99. The highest BCUT2D eigenvalue weighted by atomic mass is 35.5. The predicted octanol–water partition coefficient (Wildman–Crippen LogP) is 2.90. The van der Waals surface area contributed by atoms with Crippen LogP contribution in [0.5, 0.6) is 0 Å². The molecule has 1 amide bonds. The second-order valence-corrected chi connectivity index (χ2v) is 6.21. The minimum absolute atomic E-state index is 0.0972. The number of primary amides is 1. The Hall–Kier alpha value is -3.19. The zero-order valence-electron chi connectivity index (χ0n) is 13.8. The number of rotatable bonds is 3. The Morgan fingerprint density at radius 2 is 2.00 bits per heavy atom. The van der Waals surface area contributed by atoms with E-state index in [9.17, 15) is 14.9 Å². The molecule has 1 heterocycles. The molecule has 2 aromatic rings. The maximum absolute atomic E-state index is 11.9. The van der Waals surface area contributed by atoms with Crippen molar-refractivity contribution in [3.05, 3.63) is 81.0 Å². The van der Waals surface area contributed by atoms with Crippen molar-refractivity contribution in [2.75, 3.05) is 11.9 Å². The topological polar surface area (TPSA) is 102 Å². The van der Waals surface area contributed by atoms with E-state index >= 15 is 0 Å². The quantitative estimate of drug-likeness (QED) is 0.662. The SMILES string of the molecule is C=C1N=C(c2ccccc2Cl)c2cc([N+](=O)[O-])ccc2N(C)C1C(N)=O. The largest absolute Gasteiger partial charge is 0.368 e. The van der Waals surface area contributed by atoms with E-state index < -0.39 is 16.9 Å². The maximum Gasteiger partial charge on any atom is 0.270 e. The monoisotopic (exact) mass is 370 g/mol. The number of halogens is 1. The second-order valence-electron chi connectivity index (χ2n) is 5.81. The van der Waals surface area contributed by atoms with Crippen molar-refractivity contribution < 1.29 is 9.72 Å². The summed E-state index contributed by atoms with van der Waals surface area (Å²) in [7, 11) is 1.66. The maximum atomic E-state index is 11.9. The molecule has 0 aromatic heterocycles. The van der Waals surface area contributed by atoms with Crippen LogP contribution in [-0.4, -0.2) is 29.6 Å². The van der Waals surface area contributed by atoms with E-state index in [1.807, 2.05) is 0 Å². The van der Waals surface area contributed by atoms with Gasteiger partial charge in [0.15, 0.2) is 0 Å². The normalized spacial score (nSPS) is 16.5. The number of nitrogens with zero attached hydrogens (tertiary/aromatic N) is 3. The lowest BCUT2D eigenvalue weighted by Gasteiger charge is -2.26. The first-order valence-corrected chi connectivity index (χ1v) is 8.02. The van der Waals surface area contributed by atoms with Crippen LogP contribution in [0, 0.1) is 10.1 Å². The number of hydrogen-bond acceptors (Lipinski definition) is 5. The third kappa shape index (κ3) is 2.93. The van der Waals surface area contributed by atoms with Gasteiger partial charge >= 0.3 is 0 Å². The molecule has 0 aliphatic carbocycles. The van der Waals surface area contributed by atoms with Gasteiger partial charge in [0, 0.05) is 41.0 Å². The molecule has 7 nitrogen and oxygen atoms in total. The zero-order valence-corrected chi connectivity index (χ0v) is 14.6. The number of benzene rings is 2. The number of aliphatic imine (C=N–C) groups is 1. The van der Waals surface area contributed by atoms with Gasteiger partial charge in [-0.2, -0.15) is 0 Å². The number of non-ortho nitro benzene ring substituents is 1. The summed E-state index contributed by atoms with van der Waals surface area (Å²) in [4.78, 5) is 28.8. The lowest BCUT2D eigenvalue weighted by molar-refractivity contribution is -0.384. The van der Waals surface area contributed by atoms with Gasteiger partial charge in [0.25, 0.3) is 5.69 Å². The van der Waals surface area contributed by atoms with Gasteiger partial charge in [-0.25, -0.2) is 4.99 Å². The van der Waals surface area contributed by atoms with Crippen molar-refractivity contribution >= 4 is 34.6 Å². The summed E-state index contributed by atoms with van der Waals surface area (Å²) in [5.74, 6) is -0.619. The van der Waals surface area contributed by atoms with E-state index in [4.69, 9.17) is 17.3 Å². The summed E-state index contributed by atoms with van der Waals surface area (Å²) in [6, 6.07) is 10.5. The Morgan fingerprint density at radius 1 is 1.31 bits per heavy atom. The first kappa shape index (κ1) is 17.6. The van der Waals surface area contributed by atoms with E-state index in [1.54, 1.807) is 42.3 Å². The van der Waals surface area contributed by atoms with E-state index in [0.29, 0.717) is 27.5 Å². The number of amides is 1. The van der Waals surface area contributed by atoms with Gasteiger partial charge in [0.05, 0.1) is 16.3 Å². The van der Waals surface area contributed by atoms with Crippen LogP contribution in [0.15, 0.2) is 59.7 Å². The molecule has 1 unspecified atom stereocenters. The standard InChI is InChI=1S/C18H15ClN4O3/c1-10-17(18(20)24)22(2)15-8-7-11(23(25)26)9-13(15)16(21-10)12-5-3-4-6-14(12)19/h3-9,17H,1H2,2H3,(H2,20,24). The number of fused-ring (bicyclic) bond motifs is 1. The van der Waals surface area contributed by atoms with Gasteiger partial charge < -0.3 is 10.6 Å². The Kier molecular flexibility index (Phi) is 4.48. The number of carbonyl (C=O) groups is 1. The summed E-state index contributed by atoms with van der Waals surface area (Å²) in [5.41, 5.74) is 7.67. The summed E-state index contributed by atoms with van der Waals surface area (Å²) >= 11 is 6.31. The molecule has 0 saturated carbocycles. The molecule has 1 aliphatic rings. The molecule has 0 spiro atoms. The molecule has 8 heteroatoms. The van der Waals surface area contributed by atoms with Crippen LogP contribution in [0.4, 0.5) is 11.4 Å². The highest BCUT2D eigenvalue weighted by Crippen LogP contribution is 2.34. The number of nitro groups is 1. The van der Waals surface area contributed by atoms with Gasteiger partial charge in [0.2, 0.25) is 5.91 Å². The molecule has 0 radical (unpaired) electrons. The molecule has 0 bridgehead atoms. The van der Waals surface area contributed by atoms with Crippen LogP contribution in [-0.2, 0) is 4.79 Å². The second kappa shape index (κ2) is 6.61. The Morgan fingerprint density at radius 3 is 2.62 bits per heavy atom. The van der Waals surface area contributed by atoms with Crippen molar-refractivity contribution in [2.45, 2.75) is 6.04 Å². The molecule has 132 valence electrons. The number of benzodiazepines with no additional fused rings is 1. The third-order valence-corrected chi connectivity index (χ3v) is 4.51. The number of hydrogen-bond donors (Lipinski definition) is 1. The number of nitro benzene ring substituents is 1. The van der Waals surface area contributed by atoms with Gasteiger partial charge in [0.1, 0.15) is 6.04 Å². The molecule has 1 atom stereocenters. The fraction of sp³-hybridized carbons (Fsp3) is 0.111. The van der Waals surface area contributed by atoms with Gasteiger partial charge in [-0.15, -0.1) is 0 Å². The summed E-state index contributed by atoms with van der Waals surface area (Å²) in [6.45, 7) is 3.87. The molecule has 3 rings (SSSR count). The molecule has 0 saturated heterocycles. The predicted molar refractivity (Wildman–Crippen MR) is 101 cm³/mol. The van der Waals surface area contributed by atoms with Crippen LogP contribution < -0.4 is 10.6 Å². The fourth-order valence-corrected chi connectivity index (χ4v) is 3.20. The van der Waals surface area contributed by atoms with E-state index in [1.165, 1.54) is 12.1 Å². The molecule has 1 aliphatic heterocycles. The van der Waals surface area contributed by atoms with Crippen molar-refractivity contribution in [3.8, 4) is 0 Å². The van der Waals surface area contributed by atoms with E-state index in [2.05, 4.69) is 11.6 Å². The highest BCUT2D eigenvalue weighted by molar-refractivity contribution is 6.36. The van der Waals surface area contributed by atoms with Gasteiger partial charge in [-0.3, -0.25) is 14.9 Å². The third-order valence-electron chi connectivity index (χ3n) is 4.18. The van der Waals surface area contributed by atoms with E-state index in [0.717, 1.165) is 0 Å². The molecule has 2 N–H and O–H groups in total. The first-order valence-electron chi connectivity index (χ1n) is 7.64. The average Bonchev–Trinajstić information content (AvgIpc) is 2.69. The van der Waals surface area contributed by atoms with Gasteiger partial charge in [-0.05, 0) is 12.1 Å². The Bertz CT molecular complexity index is 971. The molecular formula is C18H15ClN4O3. The minimum Gasteiger partial charge on any atom is -0.368 e. The minimum atomic E-state index is -0.879. The number of likely N-dealkylation sites (N-methyl/N-ethyl adjacent to an activating group) is 1. The summed E-state index contributed by atoms with van der Waals surface area (Å²) in [6.07, 6.45) is 0. The van der Waals surface area contributed by atoms with Crippen molar-refractivity contribution in [1.82, 2.24) is 0 Å². The molecule has 0 fully saturated rings. The fourth-order valence-electron chi connectivity index (χ4n) is 2.98. The zero-order chi connectivity index (χ0) is 19.0. The van der Waals surface area contributed by atoms with E-state index in [-0.39, 0.29) is 11.4 Å². The highest BCUT2D eigenvalue weighted by Gasteiger charge is 2.32. The van der Waals surface area contributed by atoms with Crippen LogP contribution in [0.3, 0.4) is 0 Å². The first-order chi connectivity index (χ1) is 12.3. The molecule has 2 aromatic carbocycles. The number of carbonyl (C=O) groups excluding carboxylic acids is 1. The van der Waals surface area contributed by atoms with Crippen LogP contribution in [0.25, 0.3) is 0 Å². The van der Waals surface area contributed by atoms with Crippen molar-refractivity contribution in [3.63, 3.8) is 0 Å². The Balaban J connectivity index is 2.34. The smallest absolute Gasteiger partial charge is 0.270 e. The van der Waals surface area contributed by atoms with Crippen LogP contribution in [0.2, 0.25) is 5.02 Å². The van der Waals surface area contributed by atoms with Crippen LogP contribution >= 0.6 is 11.6 Å².